The number of piperazine rings is 1. The van der Waals surface area contributed by atoms with Crippen LogP contribution in [-0.2, 0) is 4.79 Å². The molecule has 1 amide bonds. The summed E-state index contributed by atoms with van der Waals surface area (Å²) in [4.78, 5) is 25.9. The van der Waals surface area contributed by atoms with Gasteiger partial charge < -0.3 is 39.4 Å². The third kappa shape index (κ3) is 6.35. The molecule has 0 bridgehead atoms. The van der Waals surface area contributed by atoms with E-state index < -0.39 is 6.10 Å². The number of hydrogen-bond acceptors (Lipinski definition) is 10. The van der Waals surface area contributed by atoms with Gasteiger partial charge in [0.15, 0.2) is 11.7 Å². The fourth-order valence-electron chi connectivity index (χ4n) is 4.89. The quantitative estimate of drug-likeness (QED) is 0.190. The van der Waals surface area contributed by atoms with Gasteiger partial charge in [-0.25, -0.2) is 9.97 Å². The molecule has 2 aromatic heterocycles. The van der Waals surface area contributed by atoms with Crippen LogP contribution in [0.15, 0.2) is 53.6 Å². The van der Waals surface area contributed by atoms with E-state index in [2.05, 4.69) is 43.9 Å². The van der Waals surface area contributed by atoms with Crippen LogP contribution in [0.2, 0.25) is 10.0 Å². The molecule has 226 valence electrons. The normalized spacial score (nSPS) is 14.4. The largest absolute Gasteiger partial charge is 0.495 e. The van der Waals surface area contributed by atoms with Gasteiger partial charge in [0.05, 0.1) is 41.8 Å². The summed E-state index contributed by atoms with van der Waals surface area (Å²) < 4.78 is 16.4. The summed E-state index contributed by atoms with van der Waals surface area (Å²) in [5.74, 6) is 0.615. The van der Waals surface area contributed by atoms with Crippen LogP contribution in [0.4, 0.5) is 22.9 Å². The molecule has 0 saturated carbocycles. The van der Waals surface area contributed by atoms with Crippen LogP contribution in [0.3, 0.4) is 0 Å². The second kappa shape index (κ2) is 13.1. The predicted octanol–water partition coefficient (Wildman–Crippen LogP) is 5.64. The van der Waals surface area contributed by atoms with Gasteiger partial charge in [0.1, 0.15) is 22.8 Å². The van der Waals surface area contributed by atoms with Crippen LogP contribution in [0, 0.1) is 0 Å². The molecule has 4 aromatic rings. The number of methoxy groups -OCH3 is 2. The first-order valence-corrected chi connectivity index (χ1v) is 14.4. The van der Waals surface area contributed by atoms with Crippen molar-refractivity contribution in [2.45, 2.75) is 13.0 Å². The topological polar surface area (TPSA) is 125 Å². The number of carbonyl (C=O) groups excluding carboxylic acids is 1. The monoisotopic (exact) mass is 626 g/mol. The molecule has 1 fully saturated rings. The minimum Gasteiger partial charge on any atom is -0.495 e. The van der Waals surface area contributed by atoms with Crippen LogP contribution in [0.25, 0.3) is 11.1 Å². The number of aliphatic hydroxyl groups excluding tert-OH is 1. The molecular weight excluding hydrogens is 595 g/mol. The van der Waals surface area contributed by atoms with Gasteiger partial charge in [-0.2, -0.15) is 0 Å². The lowest BCUT2D eigenvalue weighted by Crippen LogP contribution is -2.46. The lowest BCUT2D eigenvalue weighted by atomic mass is 10.1. The van der Waals surface area contributed by atoms with Crippen molar-refractivity contribution in [3.8, 4) is 11.5 Å². The number of amides is 1. The van der Waals surface area contributed by atoms with E-state index in [1.54, 1.807) is 6.07 Å². The second-order valence-corrected chi connectivity index (χ2v) is 10.5. The Morgan fingerprint density at radius 1 is 1.12 bits per heavy atom. The molecule has 2 aromatic carbocycles. The van der Waals surface area contributed by atoms with Crippen molar-refractivity contribution in [1.29, 1.82) is 0 Å². The number of benzene rings is 2. The van der Waals surface area contributed by atoms with Crippen molar-refractivity contribution in [1.82, 2.24) is 14.9 Å². The number of fused-ring (bicyclic) bond motifs is 1. The average Bonchev–Trinajstić information content (AvgIpc) is 3.45. The zero-order valence-electron chi connectivity index (χ0n) is 24.0. The van der Waals surface area contributed by atoms with Crippen molar-refractivity contribution >= 4 is 63.1 Å². The maximum absolute atomic E-state index is 12.3. The first-order chi connectivity index (χ1) is 20.8. The molecule has 1 aliphatic heterocycles. The summed E-state index contributed by atoms with van der Waals surface area (Å²) in [6.45, 7) is 10.5. The lowest BCUT2D eigenvalue weighted by Gasteiger charge is -2.35. The van der Waals surface area contributed by atoms with Crippen LogP contribution in [-0.4, -0.2) is 72.8 Å². The highest BCUT2D eigenvalue weighted by molar-refractivity contribution is 6.38. The van der Waals surface area contributed by atoms with Gasteiger partial charge >= 0.3 is 0 Å². The molecule has 43 heavy (non-hydrogen) atoms. The molecule has 0 spiro atoms. The number of aromatic nitrogens is 2. The number of ether oxygens (including phenoxy) is 2. The minimum absolute atomic E-state index is 0.0421. The molecule has 13 heteroatoms. The summed E-state index contributed by atoms with van der Waals surface area (Å²) in [7, 11) is 2.89. The van der Waals surface area contributed by atoms with Crippen molar-refractivity contribution in [3.05, 3.63) is 70.7 Å². The van der Waals surface area contributed by atoms with Crippen molar-refractivity contribution < 1.29 is 23.8 Å². The van der Waals surface area contributed by atoms with Gasteiger partial charge in [0, 0.05) is 49.6 Å². The van der Waals surface area contributed by atoms with E-state index in [0.29, 0.717) is 28.3 Å². The average molecular weight is 628 g/mol. The number of anilines is 4. The van der Waals surface area contributed by atoms with Crippen LogP contribution in [0.1, 0.15) is 24.5 Å². The highest BCUT2D eigenvalue weighted by Crippen LogP contribution is 2.45. The Morgan fingerprint density at radius 3 is 2.44 bits per heavy atom. The molecule has 1 saturated heterocycles. The van der Waals surface area contributed by atoms with Gasteiger partial charge in [-0.3, -0.25) is 4.79 Å². The Kier molecular flexibility index (Phi) is 9.26. The third-order valence-electron chi connectivity index (χ3n) is 7.30. The summed E-state index contributed by atoms with van der Waals surface area (Å²) in [5.41, 5.74) is 3.11. The van der Waals surface area contributed by atoms with E-state index in [1.165, 1.54) is 32.6 Å². The smallest absolute Gasteiger partial charge is 0.247 e. The Bertz CT molecular complexity index is 1630. The summed E-state index contributed by atoms with van der Waals surface area (Å²) in [5, 5.41) is 17.5. The van der Waals surface area contributed by atoms with Gasteiger partial charge in [0.25, 0.3) is 0 Å². The van der Waals surface area contributed by atoms with Crippen LogP contribution < -0.4 is 25.0 Å². The van der Waals surface area contributed by atoms with Gasteiger partial charge in [-0.15, -0.1) is 0 Å². The summed E-state index contributed by atoms with van der Waals surface area (Å²) >= 11 is 13.0. The van der Waals surface area contributed by atoms with E-state index in [4.69, 9.17) is 37.1 Å². The molecule has 3 N–H and O–H groups in total. The number of hydrogen-bond donors (Lipinski definition) is 3. The number of oxazole rings is 1. The Labute approximate surface area is 259 Å². The first-order valence-electron chi connectivity index (χ1n) is 13.6. The Morgan fingerprint density at radius 2 is 1.81 bits per heavy atom. The highest BCUT2D eigenvalue weighted by atomic mass is 35.5. The Hall–Kier alpha value is -4.03. The fraction of sp³-hybridized carbons (Fsp3) is 0.300. The third-order valence-corrected chi connectivity index (χ3v) is 8.08. The highest BCUT2D eigenvalue weighted by Gasteiger charge is 2.28. The Balaban J connectivity index is 1.43. The zero-order chi connectivity index (χ0) is 30.7. The number of nitrogens with one attached hydrogen (secondary N) is 2. The zero-order valence-corrected chi connectivity index (χ0v) is 25.5. The van der Waals surface area contributed by atoms with E-state index >= 15 is 0 Å². The number of carbonyl (C=O) groups is 1. The molecule has 1 atom stereocenters. The number of halogens is 2. The molecule has 1 unspecified atom stereocenters. The van der Waals surface area contributed by atoms with Gasteiger partial charge in [-0.05, 0) is 30.8 Å². The second-order valence-electron chi connectivity index (χ2n) is 9.78. The molecule has 1 aliphatic rings. The summed E-state index contributed by atoms with van der Waals surface area (Å²) in [6, 6.07) is 9.03. The molecule has 0 radical (unpaired) electrons. The minimum atomic E-state index is -1.42. The van der Waals surface area contributed by atoms with Crippen LogP contribution in [0.5, 0.6) is 11.5 Å². The first kappa shape index (κ1) is 30.4. The number of pyridine rings is 1. The molecule has 3 heterocycles. The fourth-order valence-corrected chi connectivity index (χ4v) is 5.60. The molecular formula is C30H32Cl2N6O5. The van der Waals surface area contributed by atoms with E-state index in [-0.39, 0.29) is 38.9 Å². The van der Waals surface area contributed by atoms with E-state index in [9.17, 15) is 9.90 Å². The van der Waals surface area contributed by atoms with E-state index in [0.717, 1.165) is 38.4 Å². The maximum Gasteiger partial charge on any atom is 0.247 e. The van der Waals surface area contributed by atoms with Gasteiger partial charge in [0.2, 0.25) is 11.8 Å². The van der Waals surface area contributed by atoms with E-state index in [1.807, 2.05) is 18.2 Å². The number of rotatable bonds is 10. The number of aliphatic hydroxyl groups is 1. The SMILES string of the molecule is C=CC(=O)Nc1cc(N2CCN(CC)CC2)ccc1Nc1cc2nc(C(O)c3c(Cl)c(OC)cc(OC)c3Cl)oc2cn1. The lowest BCUT2D eigenvalue weighted by molar-refractivity contribution is -0.111. The molecule has 11 nitrogen and oxygen atoms in total. The van der Waals surface area contributed by atoms with Crippen LogP contribution >= 0.6 is 23.2 Å². The van der Waals surface area contributed by atoms with Crippen molar-refractivity contribution in [3.63, 3.8) is 0 Å². The number of likely N-dealkylation sites (N-methyl/N-ethyl adjacent to an activating group) is 1. The predicted molar refractivity (Wildman–Crippen MR) is 168 cm³/mol. The standard InChI is InChI=1S/C30H32Cl2N6O5/c1-5-25(39)35-19-13-17(38-11-9-37(6-2)10-12-38)7-8-18(19)34-24-14-20-23(16-33-24)43-30(36-20)29(40)26-27(31)21(41-3)15-22(42-4)28(26)32/h5,7-8,13-16,29,40H,1,6,9-12H2,2-4H3,(H,33,34)(H,35,39). The van der Waals surface area contributed by atoms with Crippen molar-refractivity contribution in [2.24, 2.45) is 0 Å². The molecule has 0 aliphatic carbocycles. The molecule has 5 rings (SSSR count). The summed E-state index contributed by atoms with van der Waals surface area (Å²) in [6.07, 6.45) is 1.29. The maximum atomic E-state index is 12.3. The van der Waals surface area contributed by atoms with Gasteiger partial charge in [-0.1, -0.05) is 36.7 Å². The van der Waals surface area contributed by atoms with Crippen molar-refractivity contribution in [2.75, 3.05) is 62.5 Å². The number of nitrogens with zero attached hydrogens (tertiary/aromatic N) is 4.